The van der Waals surface area contributed by atoms with Crippen LogP contribution in [-0.4, -0.2) is 39.0 Å². The van der Waals surface area contributed by atoms with Gasteiger partial charge in [0.1, 0.15) is 0 Å². The highest BCUT2D eigenvalue weighted by molar-refractivity contribution is 4.76. The van der Waals surface area contributed by atoms with Crippen molar-refractivity contribution < 1.29 is 9.47 Å². The Morgan fingerprint density at radius 1 is 1.50 bits per heavy atom. The Balaban J connectivity index is 2.30. The number of hydrogen-bond acceptors (Lipinski definition) is 3. The molecule has 3 nitrogen and oxygen atoms in total. The normalized spacial score (nSPS) is 31.0. The van der Waals surface area contributed by atoms with Crippen molar-refractivity contribution in [2.75, 3.05) is 26.8 Å². The third-order valence-electron chi connectivity index (χ3n) is 2.18. The van der Waals surface area contributed by atoms with E-state index in [2.05, 4.69) is 19.2 Å². The van der Waals surface area contributed by atoms with E-state index in [1.165, 1.54) is 0 Å². The Kier molecular flexibility index (Phi) is 3.98. The van der Waals surface area contributed by atoms with Crippen molar-refractivity contribution in [3.63, 3.8) is 0 Å². The number of methoxy groups -OCH3 is 1. The molecule has 1 saturated heterocycles. The first-order valence-electron chi connectivity index (χ1n) is 4.59. The molecule has 2 atom stereocenters. The van der Waals surface area contributed by atoms with Gasteiger partial charge in [-0.3, -0.25) is 0 Å². The van der Waals surface area contributed by atoms with E-state index in [-0.39, 0.29) is 6.10 Å². The summed E-state index contributed by atoms with van der Waals surface area (Å²) >= 11 is 0. The van der Waals surface area contributed by atoms with Gasteiger partial charge in [0, 0.05) is 20.2 Å². The summed E-state index contributed by atoms with van der Waals surface area (Å²) in [5.74, 6) is 0.581. The summed E-state index contributed by atoms with van der Waals surface area (Å²) in [4.78, 5) is 0. The first-order valence-corrected chi connectivity index (χ1v) is 4.59. The third kappa shape index (κ3) is 2.73. The molecular weight excluding hydrogens is 154 g/mol. The molecule has 1 rings (SSSR count). The van der Waals surface area contributed by atoms with Gasteiger partial charge in [-0.15, -0.1) is 0 Å². The van der Waals surface area contributed by atoms with Gasteiger partial charge in [-0.25, -0.2) is 0 Å². The van der Waals surface area contributed by atoms with Crippen molar-refractivity contribution in [2.45, 2.75) is 26.1 Å². The van der Waals surface area contributed by atoms with Crippen LogP contribution in [-0.2, 0) is 9.47 Å². The SMILES string of the molecule is COCC1CNCC(C(C)C)O1. The summed E-state index contributed by atoms with van der Waals surface area (Å²) in [6, 6.07) is 0. The fraction of sp³-hybridized carbons (Fsp3) is 1.00. The summed E-state index contributed by atoms with van der Waals surface area (Å²) in [7, 11) is 1.71. The molecule has 72 valence electrons. The highest BCUT2D eigenvalue weighted by Crippen LogP contribution is 2.12. The molecule has 0 aromatic heterocycles. The quantitative estimate of drug-likeness (QED) is 0.679. The largest absolute Gasteiger partial charge is 0.382 e. The first-order chi connectivity index (χ1) is 5.74. The van der Waals surface area contributed by atoms with Gasteiger partial charge in [0.05, 0.1) is 18.8 Å². The zero-order chi connectivity index (χ0) is 8.97. The lowest BCUT2D eigenvalue weighted by atomic mass is 10.1. The standard InChI is InChI=1S/C9H19NO2/c1-7(2)9-5-10-4-8(12-9)6-11-3/h7-10H,4-6H2,1-3H3. The molecule has 0 aliphatic carbocycles. The average Bonchev–Trinajstić information content (AvgIpc) is 2.05. The summed E-state index contributed by atoms with van der Waals surface area (Å²) in [6.45, 7) is 6.94. The maximum atomic E-state index is 5.80. The van der Waals surface area contributed by atoms with Gasteiger partial charge < -0.3 is 14.8 Å². The number of morpholine rings is 1. The van der Waals surface area contributed by atoms with Crippen molar-refractivity contribution in [1.29, 1.82) is 0 Å². The van der Waals surface area contributed by atoms with Crippen LogP contribution in [0.5, 0.6) is 0 Å². The maximum Gasteiger partial charge on any atom is 0.0936 e. The maximum absolute atomic E-state index is 5.80. The van der Waals surface area contributed by atoms with Gasteiger partial charge in [0.2, 0.25) is 0 Å². The molecule has 3 heteroatoms. The van der Waals surface area contributed by atoms with E-state index in [4.69, 9.17) is 9.47 Å². The Morgan fingerprint density at radius 2 is 2.25 bits per heavy atom. The molecule has 0 radical (unpaired) electrons. The molecule has 0 saturated carbocycles. The first kappa shape index (κ1) is 9.96. The molecule has 0 spiro atoms. The average molecular weight is 173 g/mol. The number of hydrogen-bond donors (Lipinski definition) is 1. The van der Waals surface area contributed by atoms with Crippen LogP contribution in [0.3, 0.4) is 0 Å². The van der Waals surface area contributed by atoms with Crippen LogP contribution in [0.1, 0.15) is 13.8 Å². The van der Waals surface area contributed by atoms with Crippen molar-refractivity contribution in [2.24, 2.45) is 5.92 Å². The molecule has 2 unspecified atom stereocenters. The van der Waals surface area contributed by atoms with Gasteiger partial charge >= 0.3 is 0 Å². The van der Waals surface area contributed by atoms with Gasteiger partial charge in [-0.2, -0.15) is 0 Å². The second-order valence-electron chi connectivity index (χ2n) is 3.65. The lowest BCUT2D eigenvalue weighted by Crippen LogP contribution is -2.48. The van der Waals surface area contributed by atoms with Crippen LogP contribution in [0.4, 0.5) is 0 Å². The molecule has 1 fully saturated rings. The fourth-order valence-corrected chi connectivity index (χ4v) is 1.41. The molecule has 12 heavy (non-hydrogen) atoms. The molecule has 0 bridgehead atoms. The van der Waals surface area contributed by atoms with E-state index in [0.29, 0.717) is 18.6 Å². The second kappa shape index (κ2) is 4.80. The third-order valence-corrected chi connectivity index (χ3v) is 2.18. The summed E-state index contributed by atoms with van der Waals surface area (Å²) in [5, 5.41) is 3.35. The van der Waals surface area contributed by atoms with E-state index in [1.54, 1.807) is 7.11 Å². The molecule has 0 amide bonds. The van der Waals surface area contributed by atoms with Gasteiger partial charge in [0.15, 0.2) is 0 Å². The van der Waals surface area contributed by atoms with Crippen molar-refractivity contribution in [3.05, 3.63) is 0 Å². The Bertz CT molecular complexity index is 126. The van der Waals surface area contributed by atoms with Gasteiger partial charge in [-0.05, 0) is 5.92 Å². The zero-order valence-corrected chi connectivity index (χ0v) is 8.17. The minimum absolute atomic E-state index is 0.233. The van der Waals surface area contributed by atoms with E-state index in [9.17, 15) is 0 Å². The predicted molar refractivity (Wildman–Crippen MR) is 48.2 cm³/mol. The molecular formula is C9H19NO2. The van der Waals surface area contributed by atoms with Gasteiger partial charge in [-0.1, -0.05) is 13.8 Å². The van der Waals surface area contributed by atoms with Crippen molar-refractivity contribution >= 4 is 0 Å². The van der Waals surface area contributed by atoms with E-state index >= 15 is 0 Å². The molecule has 0 aromatic rings. The monoisotopic (exact) mass is 173 g/mol. The molecule has 1 aliphatic rings. The topological polar surface area (TPSA) is 30.5 Å². The number of rotatable bonds is 3. The zero-order valence-electron chi connectivity index (χ0n) is 8.17. The predicted octanol–water partition coefficient (Wildman–Crippen LogP) is 0.646. The molecule has 1 N–H and O–H groups in total. The number of ether oxygens (including phenoxy) is 2. The highest BCUT2D eigenvalue weighted by atomic mass is 16.5. The van der Waals surface area contributed by atoms with E-state index in [0.717, 1.165) is 13.1 Å². The van der Waals surface area contributed by atoms with E-state index < -0.39 is 0 Å². The summed E-state index contributed by atoms with van der Waals surface area (Å²) in [6.07, 6.45) is 0.579. The number of nitrogens with one attached hydrogen (secondary N) is 1. The lowest BCUT2D eigenvalue weighted by molar-refractivity contribution is -0.0846. The fourth-order valence-electron chi connectivity index (χ4n) is 1.41. The van der Waals surface area contributed by atoms with Crippen LogP contribution >= 0.6 is 0 Å². The molecule has 1 heterocycles. The van der Waals surface area contributed by atoms with Crippen molar-refractivity contribution in [1.82, 2.24) is 5.32 Å². The Hall–Kier alpha value is -0.120. The minimum atomic E-state index is 0.233. The van der Waals surface area contributed by atoms with Crippen LogP contribution in [0, 0.1) is 5.92 Å². The Labute approximate surface area is 74.4 Å². The molecule has 0 aromatic carbocycles. The van der Waals surface area contributed by atoms with E-state index in [1.807, 2.05) is 0 Å². The van der Waals surface area contributed by atoms with Crippen LogP contribution in [0.2, 0.25) is 0 Å². The molecule has 1 aliphatic heterocycles. The van der Waals surface area contributed by atoms with Crippen LogP contribution in [0.15, 0.2) is 0 Å². The smallest absolute Gasteiger partial charge is 0.0936 e. The van der Waals surface area contributed by atoms with Crippen molar-refractivity contribution in [3.8, 4) is 0 Å². The second-order valence-corrected chi connectivity index (χ2v) is 3.65. The minimum Gasteiger partial charge on any atom is -0.382 e. The summed E-state index contributed by atoms with van der Waals surface area (Å²) < 4.78 is 10.8. The summed E-state index contributed by atoms with van der Waals surface area (Å²) in [5.41, 5.74) is 0. The lowest BCUT2D eigenvalue weighted by Gasteiger charge is -2.32. The highest BCUT2D eigenvalue weighted by Gasteiger charge is 2.23. The van der Waals surface area contributed by atoms with Crippen LogP contribution < -0.4 is 5.32 Å². The van der Waals surface area contributed by atoms with Gasteiger partial charge in [0.25, 0.3) is 0 Å². The van der Waals surface area contributed by atoms with Crippen LogP contribution in [0.25, 0.3) is 0 Å². The Morgan fingerprint density at radius 3 is 2.83 bits per heavy atom.